The van der Waals surface area contributed by atoms with E-state index in [2.05, 4.69) is 13.0 Å². The van der Waals surface area contributed by atoms with E-state index >= 15 is 0 Å². The van der Waals surface area contributed by atoms with Crippen molar-refractivity contribution in [3.05, 3.63) is 0 Å². The number of hydrogen-bond acceptors (Lipinski definition) is 1. The molecular weight excluding hydrogens is 206 g/mol. The van der Waals surface area contributed by atoms with Crippen LogP contribution in [0.25, 0.3) is 0 Å². The van der Waals surface area contributed by atoms with E-state index in [-0.39, 0.29) is 0 Å². The summed E-state index contributed by atoms with van der Waals surface area (Å²) in [6.07, 6.45) is 18.6. The zero-order chi connectivity index (χ0) is 12.6. The molecule has 0 amide bonds. The molecule has 0 aromatic heterocycles. The van der Waals surface area contributed by atoms with Crippen LogP contribution in [0.15, 0.2) is 0 Å². The second kappa shape index (κ2) is 15.5. The molecule has 0 aromatic rings. The highest BCUT2D eigenvalue weighted by Gasteiger charge is 1.93. The Hall–Kier alpha value is -0.510. The van der Waals surface area contributed by atoms with E-state index in [0.29, 0.717) is 0 Å². The lowest BCUT2D eigenvalue weighted by Crippen LogP contribution is -1.82. The minimum absolute atomic E-state index is 0.748. The largest absolute Gasteiger partial charge is 0.198 e. The van der Waals surface area contributed by atoms with Crippen molar-refractivity contribution in [2.45, 2.75) is 96.8 Å². The fourth-order valence-corrected chi connectivity index (χ4v) is 2.22. The summed E-state index contributed by atoms with van der Waals surface area (Å²) >= 11 is 0. The van der Waals surface area contributed by atoms with Gasteiger partial charge in [0.1, 0.15) is 0 Å². The summed E-state index contributed by atoms with van der Waals surface area (Å²) in [5.74, 6) is 0. The molecule has 17 heavy (non-hydrogen) atoms. The minimum Gasteiger partial charge on any atom is -0.198 e. The van der Waals surface area contributed by atoms with Crippen LogP contribution in [0.5, 0.6) is 0 Å². The van der Waals surface area contributed by atoms with E-state index in [1.807, 2.05) is 0 Å². The van der Waals surface area contributed by atoms with Crippen LogP contribution < -0.4 is 0 Å². The third-order valence-corrected chi connectivity index (χ3v) is 3.39. The highest BCUT2D eigenvalue weighted by atomic mass is 14.2. The number of unbranched alkanes of at least 4 members (excludes halogenated alkanes) is 13. The Bertz CT molecular complexity index is 169. The molecule has 0 aliphatic heterocycles. The van der Waals surface area contributed by atoms with E-state index in [1.54, 1.807) is 0 Å². The number of nitriles is 1. The first-order valence-electron chi connectivity index (χ1n) is 7.78. The maximum atomic E-state index is 8.39. The van der Waals surface area contributed by atoms with Crippen LogP contribution in [0.4, 0.5) is 0 Å². The quantitative estimate of drug-likeness (QED) is 0.361. The number of nitrogens with zero attached hydrogens (tertiary/aromatic N) is 1. The van der Waals surface area contributed by atoms with Gasteiger partial charge in [-0.05, 0) is 6.42 Å². The van der Waals surface area contributed by atoms with Gasteiger partial charge in [0.2, 0.25) is 0 Å². The molecule has 0 radical (unpaired) electrons. The predicted molar refractivity (Wildman–Crippen MR) is 75.9 cm³/mol. The normalized spacial score (nSPS) is 10.4. The molecule has 0 aliphatic carbocycles. The van der Waals surface area contributed by atoms with Crippen LogP contribution in [-0.2, 0) is 0 Å². The van der Waals surface area contributed by atoms with Crippen molar-refractivity contribution in [2.75, 3.05) is 0 Å². The lowest BCUT2D eigenvalue weighted by Gasteiger charge is -2.02. The van der Waals surface area contributed by atoms with E-state index in [1.165, 1.54) is 77.0 Å². The number of rotatable bonds is 13. The van der Waals surface area contributed by atoms with Crippen LogP contribution in [-0.4, -0.2) is 0 Å². The van der Waals surface area contributed by atoms with Gasteiger partial charge in [0, 0.05) is 6.42 Å². The second-order valence-electron chi connectivity index (χ2n) is 5.15. The number of hydrogen-bond donors (Lipinski definition) is 0. The van der Waals surface area contributed by atoms with Gasteiger partial charge < -0.3 is 0 Å². The maximum Gasteiger partial charge on any atom is 0.0621 e. The summed E-state index contributed by atoms with van der Waals surface area (Å²) in [6.45, 7) is 2.27. The average Bonchev–Trinajstić information content (AvgIpc) is 2.35. The lowest BCUT2D eigenvalue weighted by atomic mass is 10.0. The van der Waals surface area contributed by atoms with Gasteiger partial charge in [-0.25, -0.2) is 0 Å². The van der Waals surface area contributed by atoms with Gasteiger partial charge in [0.05, 0.1) is 6.07 Å². The first kappa shape index (κ1) is 16.5. The van der Waals surface area contributed by atoms with Gasteiger partial charge in [-0.2, -0.15) is 5.26 Å². The van der Waals surface area contributed by atoms with Gasteiger partial charge in [0.15, 0.2) is 0 Å². The summed E-state index contributed by atoms with van der Waals surface area (Å²) in [5.41, 5.74) is 0. The maximum absolute atomic E-state index is 8.39. The van der Waals surface area contributed by atoms with Gasteiger partial charge in [-0.15, -0.1) is 0 Å². The van der Waals surface area contributed by atoms with Crippen LogP contribution >= 0.6 is 0 Å². The van der Waals surface area contributed by atoms with Crippen molar-refractivity contribution < 1.29 is 0 Å². The smallest absolute Gasteiger partial charge is 0.0621 e. The Kier molecular flexibility index (Phi) is 15.0. The Morgan fingerprint density at radius 3 is 1.29 bits per heavy atom. The fourth-order valence-electron chi connectivity index (χ4n) is 2.22. The first-order chi connectivity index (χ1) is 8.41. The summed E-state index contributed by atoms with van der Waals surface area (Å²) in [6, 6.07) is 2.21. The van der Waals surface area contributed by atoms with Crippen molar-refractivity contribution in [3.63, 3.8) is 0 Å². The molecule has 1 heteroatoms. The molecule has 0 saturated carbocycles. The Balaban J connectivity index is 2.87. The van der Waals surface area contributed by atoms with Crippen molar-refractivity contribution in [1.82, 2.24) is 0 Å². The fraction of sp³-hybridized carbons (Fsp3) is 0.938. The molecule has 1 nitrogen and oxygen atoms in total. The monoisotopic (exact) mass is 237 g/mol. The molecule has 0 N–H and O–H groups in total. The van der Waals surface area contributed by atoms with Gasteiger partial charge >= 0.3 is 0 Å². The third kappa shape index (κ3) is 15.5. The molecule has 0 heterocycles. The summed E-state index contributed by atoms with van der Waals surface area (Å²) in [4.78, 5) is 0. The van der Waals surface area contributed by atoms with Crippen molar-refractivity contribution in [3.8, 4) is 6.07 Å². The van der Waals surface area contributed by atoms with E-state index in [9.17, 15) is 0 Å². The van der Waals surface area contributed by atoms with E-state index in [4.69, 9.17) is 5.26 Å². The van der Waals surface area contributed by atoms with Gasteiger partial charge in [-0.3, -0.25) is 0 Å². The minimum atomic E-state index is 0.748. The molecule has 0 aliphatic rings. The van der Waals surface area contributed by atoms with Crippen LogP contribution in [0.2, 0.25) is 0 Å². The zero-order valence-electron chi connectivity index (χ0n) is 11.8. The highest BCUT2D eigenvalue weighted by Crippen LogP contribution is 2.12. The standard InChI is InChI=1S/C16H31N/c1-2-3-4-5-6-7-8-9-10-11-12-13-14-15-16-17/h2-15H2,1H3. The Labute approximate surface area is 109 Å². The van der Waals surface area contributed by atoms with Gasteiger partial charge in [0.25, 0.3) is 0 Å². The van der Waals surface area contributed by atoms with Crippen LogP contribution in [0.3, 0.4) is 0 Å². The SMILES string of the molecule is CCCCCCCCCCCCCCCC#N. The summed E-state index contributed by atoms with van der Waals surface area (Å²) in [7, 11) is 0. The van der Waals surface area contributed by atoms with E-state index in [0.717, 1.165) is 12.8 Å². The lowest BCUT2D eigenvalue weighted by molar-refractivity contribution is 0.540. The average molecular weight is 237 g/mol. The molecule has 0 rings (SSSR count). The Morgan fingerprint density at radius 2 is 0.941 bits per heavy atom. The Morgan fingerprint density at radius 1 is 0.588 bits per heavy atom. The molecule has 0 saturated heterocycles. The van der Waals surface area contributed by atoms with Crippen molar-refractivity contribution >= 4 is 0 Å². The van der Waals surface area contributed by atoms with Gasteiger partial charge in [-0.1, -0.05) is 84.0 Å². The molecule has 0 atom stereocenters. The van der Waals surface area contributed by atoms with Crippen LogP contribution in [0, 0.1) is 11.3 Å². The zero-order valence-corrected chi connectivity index (χ0v) is 11.8. The molecular formula is C16H31N. The predicted octanol–water partition coefficient (Wildman–Crippen LogP) is 5.99. The summed E-state index contributed by atoms with van der Waals surface area (Å²) in [5, 5.41) is 8.39. The van der Waals surface area contributed by atoms with E-state index < -0.39 is 0 Å². The molecule has 0 spiro atoms. The molecule has 0 unspecified atom stereocenters. The molecule has 0 fully saturated rings. The van der Waals surface area contributed by atoms with Crippen molar-refractivity contribution in [2.24, 2.45) is 0 Å². The highest BCUT2D eigenvalue weighted by molar-refractivity contribution is 4.67. The molecule has 0 aromatic carbocycles. The molecule has 0 bridgehead atoms. The first-order valence-corrected chi connectivity index (χ1v) is 7.78. The summed E-state index contributed by atoms with van der Waals surface area (Å²) < 4.78 is 0. The second-order valence-corrected chi connectivity index (χ2v) is 5.15. The molecule has 100 valence electrons. The topological polar surface area (TPSA) is 23.8 Å². The van der Waals surface area contributed by atoms with Crippen LogP contribution in [0.1, 0.15) is 96.8 Å². The third-order valence-electron chi connectivity index (χ3n) is 3.39. The van der Waals surface area contributed by atoms with Crippen molar-refractivity contribution in [1.29, 1.82) is 5.26 Å².